The van der Waals surface area contributed by atoms with Gasteiger partial charge in [0.15, 0.2) is 0 Å². The average Bonchev–Trinajstić information content (AvgIpc) is 2.62. The molecule has 0 bridgehead atoms. The van der Waals surface area contributed by atoms with Gasteiger partial charge in [0, 0.05) is 13.6 Å². The number of unbranched alkanes of at least 4 members (excludes halogenated alkanes) is 2. The Balaban J connectivity index is 2.34. The van der Waals surface area contributed by atoms with Crippen molar-refractivity contribution < 1.29 is 14.4 Å². The van der Waals surface area contributed by atoms with Gasteiger partial charge in [-0.3, -0.25) is 24.6 Å². The summed E-state index contributed by atoms with van der Waals surface area (Å²) in [5, 5.41) is 5.72. The molecule has 0 radical (unpaired) electrons. The lowest BCUT2D eigenvalue weighted by Crippen LogP contribution is -2.49. The van der Waals surface area contributed by atoms with Crippen LogP contribution in [0.25, 0.3) is 0 Å². The van der Waals surface area contributed by atoms with E-state index in [1.54, 1.807) is 6.92 Å². The number of carbonyl (C=O) groups excluding carboxylic acids is 3. The van der Waals surface area contributed by atoms with E-state index in [1.165, 1.54) is 7.05 Å². The number of nitrogens with zero attached hydrogens (tertiary/aromatic N) is 1. The molecule has 2 atom stereocenters. The maximum atomic E-state index is 11.8. The average molecular weight is 269 g/mol. The molecule has 6 heteroatoms. The SMILES string of the molecule is CCCCCNC(=O)C(C)NC1CC(=O)N(C)C1=O. The minimum atomic E-state index is -0.575. The number of rotatable bonds is 7. The van der Waals surface area contributed by atoms with Gasteiger partial charge in [-0.2, -0.15) is 0 Å². The van der Waals surface area contributed by atoms with Gasteiger partial charge in [-0.1, -0.05) is 19.8 Å². The lowest BCUT2D eigenvalue weighted by atomic mass is 10.2. The van der Waals surface area contributed by atoms with E-state index >= 15 is 0 Å². The molecule has 2 unspecified atom stereocenters. The summed E-state index contributed by atoms with van der Waals surface area (Å²) in [6.07, 6.45) is 3.28. The third-order valence-corrected chi connectivity index (χ3v) is 3.31. The molecule has 1 fully saturated rings. The molecule has 1 heterocycles. The van der Waals surface area contributed by atoms with E-state index in [9.17, 15) is 14.4 Å². The van der Waals surface area contributed by atoms with Crippen molar-refractivity contribution >= 4 is 17.7 Å². The van der Waals surface area contributed by atoms with Crippen molar-refractivity contribution in [2.45, 2.75) is 51.6 Å². The molecule has 1 aliphatic rings. The maximum Gasteiger partial charge on any atom is 0.246 e. The fourth-order valence-electron chi connectivity index (χ4n) is 2.00. The van der Waals surface area contributed by atoms with Crippen LogP contribution in [0.1, 0.15) is 39.5 Å². The van der Waals surface area contributed by atoms with Gasteiger partial charge in [0.2, 0.25) is 17.7 Å². The van der Waals surface area contributed by atoms with Gasteiger partial charge in [-0.15, -0.1) is 0 Å². The summed E-state index contributed by atoms with van der Waals surface area (Å²) in [5.41, 5.74) is 0. The molecule has 0 aromatic carbocycles. The lowest BCUT2D eigenvalue weighted by molar-refractivity contribution is -0.137. The molecule has 3 amide bonds. The van der Waals surface area contributed by atoms with Crippen LogP contribution in [0.5, 0.6) is 0 Å². The highest BCUT2D eigenvalue weighted by Gasteiger charge is 2.37. The van der Waals surface area contributed by atoms with E-state index in [4.69, 9.17) is 0 Å². The van der Waals surface area contributed by atoms with E-state index in [0.717, 1.165) is 24.2 Å². The van der Waals surface area contributed by atoms with E-state index in [-0.39, 0.29) is 24.1 Å². The largest absolute Gasteiger partial charge is 0.355 e. The van der Waals surface area contributed by atoms with Crippen LogP contribution in [0.2, 0.25) is 0 Å². The highest BCUT2D eigenvalue weighted by molar-refractivity contribution is 6.05. The minimum absolute atomic E-state index is 0.128. The second-order valence-corrected chi connectivity index (χ2v) is 4.93. The van der Waals surface area contributed by atoms with E-state index in [0.29, 0.717) is 6.54 Å². The van der Waals surface area contributed by atoms with Gasteiger partial charge in [-0.25, -0.2) is 0 Å². The Morgan fingerprint density at radius 1 is 1.42 bits per heavy atom. The molecule has 108 valence electrons. The van der Waals surface area contributed by atoms with Crippen LogP contribution in [-0.4, -0.2) is 48.3 Å². The highest BCUT2D eigenvalue weighted by atomic mass is 16.2. The first-order valence-corrected chi connectivity index (χ1v) is 6.81. The molecule has 0 spiro atoms. The van der Waals surface area contributed by atoms with Crippen molar-refractivity contribution in [2.75, 3.05) is 13.6 Å². The molecule has 6 nitrogen and oxygen atoms in total. The molecule has 0 aromatic rings. The summed E-state index contributed by atoms with van der Waals surface area (Å²) < 4.78 is 0. The van der Waals surface area contributed by atoms with Crippen LogP contribution in [-0.2, 0) is 14.4 Å². The van der Waals surface area contributed by atoms with Gasteiger partial charge in [0.1, 0.15) is 0 Å². The second kappa shape index (κ2) is 7.23. The zero-order valence-corrected chi connectivity index (χ0v) is 11.9. The summed E-state index contributed by atoms with van der Waals surface area (Å²) in [6, 6.07) is -1.05. The second-order valence-electron chi connectivity index (χ2n) is 4.93. The van der Waals surface area contributed by atoms with Crippen LogP contribution >= 0.6 is 0 Å². The van der Waals surface area contributed by atoms with Crippen molar-refractivity contribution in [1.82, 2.24) is 15.5 Å². The number of hydrogen-bond acceptors (Lipinski definition) is 4. The molecule has 1 rings (SSSR count). The first-order chi connectivity index (χ1) is 8.97. The van der Waals surface area contributed by atoms with E-state index in [1.807, 2.05) is 0 Å². The Morgan fingerprint density at radius 2 is 2.11 bits per heavy atom. The van der Waals surface area contributed by atoms with Crippen molar-refractivity contribution in [3.05, 3.63) is 0 Å². The van der Waals surface area contributed by atoms with Gasteiger partial charge in [0.05, 0.1) is 18.5 Å². The molecule has 19 heavy (non-hydrogen) atoms. The van der Waals surface area contributed by atoms with Gasteiger partial charge >= 0.3 is 0 Å². The standard InChI is InChI=1S/C13H23N3O3/c1-4-5-6-7-14-12(18)9(2)15-10-8-11(17)16(3)13(10)19/h9-10,15H,4-8H2,1-3H3,(H,14,18). The summed E-state index contributed by atoms with van der Waals surface area (Å²) >= 11 is 0. The van der Waals surface area contributed by atoms with Crippen LogP contribution < -0.4 is 10.6 Å². The van der Waals surface area contributed by atoms with Gasteiger partial charge in [0.25, 0.3) is 0 Å². The third kappa shape index (κ3) is 4.31. The number of amides is 3. The zero-order valence-electron chi connectivity index (χ0n) is 11.9. The number of nitrogens with one attached hydrogen (secondary N) is 2. The quantitative estimate of drug-likeness (QED) is 0.505. The van der Waals surface area contributed by atoms with Crippen molar-refractivity contribution in [3.8, 4) is 0 Å². The summed E-state index contributed by atoms with van der Waals surface area (Å²) in [6.45, 7) is 4.45. The number of likely N-dealkylation sites (N-methyl/N-ethyl adjacent to an activating group) is 1. The molecule has 1 saturated heterocycles. The van der Waals surface area contributed by atoms with Crippen LogP contribution in [0.4, 0.5) is 0 Å². The topological polar surface area (TPSA) is 78.5 Å². The van der Waals surface area contributed by atoms with Gasteiger partial charge < -0.3 is 5.32 Å². The normalized spacial score (nSPS) is 20.8. The lowest BCUT2D eigenvalue weighted by Gasteiger charge is -2.17. The Bertz CT molecular complexity index is 357. The fraction of sp³-hybridized carbons (Fsp3) is 0.769. The summed E-state index contributed by atoms with van der Waals surface area (Å²) in [4.78, 5) is 35.9. The molecular weight excluding hydrogens is 246 g/mol. The van der Waals surface area contributed by atoms with Crippen molar-refractivity contribution in [2.24, 2.45) is 0 Å². The molecule has 0 saturated carbocycles. The smallest absolute Gasteiger partial charge is 0.246 e. The fourth-order valence-corrected chi connectivity index (χ4v) is 2.00. The summed E-state index contributed by atoms with van der Waals surface area (Å²) in [5.74, 6) is -0.611. The van der Waals surface area contributed by atoms with Gasteiger partial charge in [-0.05, 0) is 13.3 Å². The maximum absolute atomic E-state index is 11.8. The summed E-state index contributed by atoms with van der Waals surface area (Å²) in [7, 11) is 1.46. The van der Waals surface area contributed by atoms with Crippen molar-refractivity contribution in [1.29, 1.82) is 0 Å². The predicted molar refractivity (Wildman–Crippen MR) is 71.3 cm³/mol. The predicted octanol–water partition coefficient (Wildman–Crippen LogP) is 0.0282. The number of hydrogen-bond donors (Lipinski definition) is 2. The first-order valence-electron chi connectivity index (χ1n) is 6.81. The monoisotopic (exact) mass is 269 g/mol. The van der Waals surface area contributed by atoms with Crippen LogP contribution in [0.3, 0.4) is 0 Å². The van der Waals surface area contributed by atoms with E-state index < -0.39 is 12.1 Å². The molecular formula is C13H23N3O3. The number of carbonyl (C=O) groups is 3. The third-order valence-electron chi connectivity index (χ3n) is 3.31. The van der Waals surface area contributed by atoms with Crippen LogP contribution in [0, 0.1) is 0 Å². The Morgan fingerprint density at radius 3 is 2.63 bits per heavy atom. The first kappa shape index (κ1) is 15.6. The minimum Gasteiger partial charge on any atom is -0.355 e. The zero-order chi connectivity index (χ0) is 14.4. The Hall–Kier alpha value is -1.43. The molecule has 0 aliphatic carbocycles. The molecule has 2 N–H and O–H groups in total. The Kier molecular flexibility index (Phi) is 5.95. The van der Waals surface area contributed by atoms with E-state index in [2.05, 4.69) is 17.6 Å². The molecule has 0 aromatic heterocycles. The number of imide groups is 1. The Labute approximate surface area is 113 Å². The van der Waals surface area contributed by atoms with Crippen molar-refractivity contribution in [3.63, 3.8) is 0 Å². The highest BCUT2D eigenvalue weighted by Crippen LogP contribution is 2.11. The number of likely N-dealkylation sites (tertiary alicyclic amines) is 1. The van der Waals surface area contributed by atoms with Crippen LogP contribution in [0.15, 0.2) is 0 Å². The molecule has 1 aliphatic heterocycles.